The number of hydrogen-bond donors (Lipinski definition) is 1. The van der Waals surface area contributed by atoms with Gasteiger partial charge in [0.25, 0.3) is 0 Å². The molecule has 122 valence electrons. The Morgan fingerprint density at radius 3 is 2.27 bits per heavy atom. The number of aliphatic hydroxyl groups excluding tert-OH is 1. The van der Waals surface area contributed by atoms with Crippen molar-refractivity contribution >= 4 is 0 Å². The van der Waals surface area contributed by atoms with E-state index >= 15 is 0 Å². The molecule has 0 bridgehead atoms. The third kappa shape index (κ3) is 3.88. The summed E-state index contributed by atoms with van der Waals surface area (Å²) < 4.78 is 27.5. The monoisotopic (exact) mass is 308 g/mol. The number of hydrogen-bond acceptors (Lipinski definition) is 1. The smallest absolute Gasteiger partial charge is 0.196 e. The highest BCUT2D eigenvalue weighted by atomic mass is 19.2. The number of halogens is 2. The van der Waals surface area contributed by atoms with Gasteiger partial charge in [-0.25, -0.2) is 8.78 Å². The molecule has 0 saturated carbocycles. The predicted molar refractivity (Wildman–Crippen MR) is 86.8 cm³/mol. The van der Waals surface area contributed by atoms with Crippen LogP contribution in [0.5, 0.6) is 0 Å². The van der Waals surface area contributed by atoms with Crippen LogP contribution in [0.1, 0.15) is 59.3 Å². The molecular formula is C19H26F2O. The zero-order chi connectivity index (χ0) is 16.3. The van der Waals surface area contributed by atoms with E-state index in [4.69, 9.17) is 0 Å². The third-order valence-electron chi connectivity index (χ3n) is 4.70. The molecule has 2 aliphatic carbocycles. The lowest BCUT2D eigenvalue weighted by atomic mass is 9.83. The SMILES string of the molecule is CC(C)CCC(C)C1=CC=C(C2=C(F)C(F)=C(O)CC2)CC1. The van der Waals surface area contributed by atoms with Crippen molar-refractivity contribution in [1.82, 2.24) is 0 Å². The van der Waals surface area contributed by atoms with E-state index < -0.39 is 17.4 Å². The van der Waals surface area contributed by atoms with E-state index in [-0.39, 0.29) is 6.42 Å². The normalized spacial score (nSPS) is 21.2. The standard InChI is InChI=1S/C19H26F2O/c1-12(2)4-5-13(3)14-6-8-15(9-7-14)16-10-11-17(22)19(21)18(16)20/h6,8,12-13,22H,4-5,7,9-11H2,1-3H3. The molecule has 1 N–H and O–H groups in total. The summed E-state index contributed by atoms with van der Waals surface area (Å²) in [5.74, 6) is -1.16. The van der Waals surface area contributed by atoms with Crippen LogP contribution in [0, 0.1) is 11.8 Å². The summed E-state index contributed by atoms with van der Waals surface area (Å²) in [6.07, 6.45) is 8.65. The molecule has 0 aliphatic heterocycles. The van der Waals surface area contributed by atoms with E-state index in [1.54, 1.807) is 0 Å². The van der Waals surface area contributed by atoms with Crippen LogP contribution in [-0.4, -0.2) is 5.11 Å². The molecule has 0 spiro atoms. The molecular weight excluding hydrogens is 282 g/mol. The van der Waals surface area contributed by atoms with E-state index in [0.29, 0.717) is 23.8 Å². The molecule has 1 atom stereocenters. The van der Waals surface area contributed by atoms with Crippen molar-refractivity contribution in [2.45, 2.75) is 59.3 Å². The summed E-state index contributed by atoms with van der Waals surface area (Å²) in [5, 5.41) is 9.28. The molecule has 1 nitrogen and oxygen atoms in total. The summed E-state index contributed by atoms with van der Waals surface area (Å²) in [6, 6.07) is 0. The predicted octanol–water partition coefficient (Wildman–Crippen LogP) is 6.46. The molecule has 0 radical (unpaired) electrons. The van der Waals surface area contributed by atoms with Crippen molar-refractivity contribution in [3.8, 4) is 0 Å². The van der Waals surface area contributed by atoms with Gasteiger partial charge in [-0.3, -0.25) is 0 Å². The molecule has 2 rings (SSSR count). The van der Waals surface area contributed by atoms with Crippen molar-refractivity contribution in [2.24, 2.45) is 11.8 Å². The molecule has 0 heterocycles. The minimum atomic E-state index is -1.08. The van der Waals surface area contributed by atoms with Gasteiger partial charge in [0.2, 0.25) is 0 Å². The van der Waals surface area contributed by atoms with Gasteiger partial charge in [0, 0.05) is 6.42 Å². The minimum absolute atomic E-state index is 0.188. The Morgan fingerprint density at radius 1 is 0.955 bits per heavy atom. The summed E-state index contributed by atoms with van der Waals surface area (Å²) in [5.41, 5.74) is 2.71. The fraction of sp³-hybridized carbons (Fsp3) is 0.579. The number of allylic oxidation sites excluding steroid dienone is 8. The van der Waals surface area contributed by atoms with Crippen LogP contribution in [0.4, 0.5) is 8.78 Å². The molecule has 0 aromatic rings. The zero-order valence-electron chi connectivity index (χ0n) is 13.8. The third-order valence-corrected chi connectivity index (χ3v) is 4.70. The zero-order valence-corrected chi connectivity index (χ0v) is 13.8. The van der Waals surface area contributed by atoms with Crippen LogP contribution >= 0.6 is 0 Å². The van der Waals surface area contributed by atoms with Crippen LogP contribution in [-0.2, 0) is 0 Å². The van der Waals surface area contributed by atoms with Crippen LogP contribution in [0.3, 0.4) is 0 Å². The van der Waals surface area contributed by atoms with Gasteiger partial charge in [-0.1, -0.05) is 44.9 Å². The summed E-state index contributed by atoms with van der Waals surface area (Å²) >= 11 is 0. The number of rotatable bonds is 5. The van der Waals surface area contributed by atoms with Gasteiger partial charge in [-0.2, -0.15) is 0 Å². The van der Waals surface area contributed by atoms with Crippen molar-refractivity contribution in [3.05, 3.63) is 46.3 Å². The molecule has 2 aliphatic rings. The first-order chi connectivity index (χ1) is 10.4. The Labute approximate surface area is 132 Å². The maximum absolute atomic E-state index is 14.0. The van der Waals surface area contributed by atoms with Crippen molar-refractivity contribution in [1.29, 1.82) is 0 Å². The molecule has 0 aromatic heterocycles. The average molecular weight is 308 g/mol. The van der Waals surface area contributed by atoms with E-state index in [0.717, 1.165) is 18.4 Å². The van der Waals surface area contributed by atoms with Gasteiger partial charge in [-0.05, 0) is 48.7 Å². The largest absolute Gasteiger partial charge is 0.509 e. The summed E-state index contributed by atoms with van der Waals surface area (Å²) in [7, 11) is 0. The van der Waals surface area contributed by atoms with E-state index in [1.165, 1.54) is 18.4 Å². The van der Waals surface area contributed by atoms with E-state index in [1.807, 2.05) is 6.08 Å². The molecule has 0 aromatic carbocycles. The Kier molecular flexibility index (Phi) is 5.60. The van der Waals surface area contributed by atoms with Gasteiger partial charge in [0.1, 0.15) is 5.76 Å². The summed E-state index contributed by atoms with van der Waals surface area (Å²) in [6.45, 7) is 6.71. The first-order valence-electron chi connectivity index (χ1n) is 8.26. The first kappa shape index (κ1) is 17.0. The topological polar surface area (TPSA) is 20.2 Å². The Balaban J connectivity index is 2.10. The van der Waals surface area contributed by atoms with Gasteiger partial charge < -0.3 is 5.11 Å². The maximum atomic E-state index is 14.0. The molecule has 22 heavy (non-hydrogen) atoms. The van der Waals surface area contributed by atoms with Crippen LogP contribution in [0.25, 0.3) is 0 Å². The lowest BCUT2D eigenvalue weighted by Crippen LogP contribution is -2.08. The van der Waals surface area contributed by atoms with Crippen molar-refractivity contribution in [2.75, 3.05) is 0 Å². The van der Waals surface area contributed by atoms with Crippen LogP contribution < -0.4 is 0 Å². The summed E-state index contributed by atoms with van der Waals surface area (Å²) in [4.78, 5) is 0. The van der Waals surface area contributed by atoms with Gasteiger partial charge in [0.05, 0.1) is 0 Å². The quantitative estimate of drug-likeness (QED) is 0.617. The molecule has 1 unspecified atom stereocenters. The lowest BCUT2D eigenvalue weighted by Gasteiger charge is -2.23. The lowest BCUT2D eigenvalue weighted by molar-refractivity contribution is 0.343. The Morgan fingerprint density at radius 2 is 1.68 bits per heavy atom. The van der Waals surface area contributed by atoms with E-state index in [2.05, 4.69) is 26.8 Å². The van der Waals surface area contributed by atoms with E-state index in [9.17, 15) is 13.9 Å². The highest BCUT2D eigenvalue weighted by Gasteiger charge is 2.25. The fourth-order valence-corrected chi connectivity index (χ4v) is 3.11. The second-order valence-electron chi connectivity index (χ2n) is 6.86. The maximum Gasteiger partial charge on any atom is 0.196 e. The highest BCUT2D eigenvalue weighted by molar-refractivity contribution is 5.46. The van der Waals surface area contributed by atoms with Gasteiger partial charge in [-0.15, -0.1) is 0 Å². The first-order valence-corrected chi connectivity index (χ1v) is 8.26. The Bertz CT molecular complexity index is 550. The van der Waals surface area contributed by atoms with Crippen LogP contribution in [0.2, 0.25) is 0 Å². The molecule has 0 fully saturated rings. The van der Waals surface area contributed by atoms with Crippen LogP contribution in [0.15, 0.2) is 46.3 Å². The van der Waals surface area contributed by atoms with Gasteiger partial charge >= 0.3 is 0 Å². The second-order valence-corrected chi connectivity index (χ2v) is 6.86. The molecule has 0 amide bonds. The highest BCUT2D eigenvalue weighted by Crippen LogP contribution is 2.38. The molecule has 0 saturated heterocycles. The molecule has 3 heteroatoms. The average Bonchev–Trinajstić information content (AvgIpc) is 2.51. The second kappa shape index (κ2) is 7.26. The fourth-order valence-electron chi connectivity index (χ4n) is 3.11. The number of aliphatic hydroxyl groups is 1. The Hall–Kier alpha value is -1.38. The van der Waals surface area contributed by atoms with Crippen molar-refractivity contribution < 1.29 is 13.9 Å². The minimum Gasteiger partial charge on any atom is -0.509 e. The van der Waals surface area contributed by atoms with Gasteiger partial charge in [0.15, 0.2) is 11.7 Å². The van der Waals surface area contributed by atoms with Crippen molar-refractivity contribution in [3.63, 3.8) is 0 Å².